The van der Waals surface area contributed by atoms with Crippen LogP contribution in [0.15, 0.2) is 42.5 Å². The number of carbonyl (C=O) groups is 1. The normalized spacial score (nSPS) is 16.2. The van der Waals surface area contributed by atoms with Crippen molar-refractivity contribution in [2.75, 3.05) is 31.1 Å². The maximum absolute atomic E-state index is 12.0. The summed E-state index contributed by atoms with van der Waals surface area (Å²) in [7, 11) is 0. The number of pyridine rings is 1. The van der Waals surface area contributed by atoms with Crippen molar-refractivity contribution in [3.63, 3.8) is 0 Å². The Morgan fingerprint density at radius 2 is 1.60 bits per heavy atom. The lowest BCUT2D eigenvalue weighted by molar-refractivity contribution is -0.136. The number of unbranched alkanes of at least 4 members (excludes halogenated alkanes) is 6. The Morgan fingerprint density at radius 3 is 2.30 bits per heavy atom. The Balaban J connectivity index is 1.24. The van der Waals surface area contributed by atoms with Crippen LogP contribution in [-0.2, 0) is 30.7 Å². The fourth-order valence-electron chi connectivity index (χ4n) is 7.36. The molecule has 1 fully saturated rings. The zero-order chi connectivity index (χ0) is 33.4. The van der Waals surface area contributed by atoms with Crippen LogP contribution in [-0.4, -0.2) is 47.2 Å². The van der Waals surface area contributed by atoms with Crippen LogP contribution >= 0.6 is 0 Å². The summed E-state index contributed by atoms with van der Waals surface area (Å²) in [5.41, 5.74) is 10.4. The second kappa shape index (κ2) is 16.1. The van der Waals surface area contributed by atoms with Crippen molar-refractivity contribution in [2.24, 2.45) is 5.41 Å². The van der Waals surface area contributed by atoms with Crippen molar-refractivity contribution in [2.45, 2.75) is 118 Å². The first-order valence-corrected chi connectivity index (χ1v) is 18.2. The molecule has 0 unspecified atom stereocenters. The van der Waals surface area contributed by atoms with Gasteiger partial charge in [-0.05, 0) is 79.3 Å². The lowest BCUT2D eigenvalue weighted by atomic mass is 9.82. The molecule has 0 spiro atoms. The summed E-state index contributed by atoms with van der Waals surface area (Å²) < 4.78 is 6.02. The van der Waals surface area contributed by atoms with Gasteiger partial charge in [-0.1, -0.05) is 89.6 Å². The van der Waals surface area contributed by atoms with E-state index in [9.17, 15) is 9.90 Å². The van der Waals surface area contributed by atoms with E-state index in [4.69, 9.17) is 9.72 Å². The molecule has 0 saturated carbocycles. The molecule has 0 atom stereocenters. The summed E-state index contributed by atoms with van der Waals surface area (Å²) in [6, 6.07) is 15.5. The van der Waals surface area contributed by atoms with E-state index < -0.39 is 5.97 Å². The number of aryl methyl sites for hydroxylation is 2. The zero-order valence-corrected chi connectivity index (χ0v) is 29.7. The highest BCUT2D eigenvalue weighted by Crippen LogP contribution is 2.42. The molecule has 2 aliphatic heterocycles. The van der Waals surface area contributed by atoms with Crippen molar-refractivity contribution in [1.29, 1.82) is 0 Å². The number of nitrogens with zero attached hydrogens (tertiary/aromatic N) is 3. The van der Waals surface area contributed by atoms with Gasteiger partial charge in [-0.25, -0.2) is 0 Å². The van der Waals surface area contributed by atoms with Gasteiger partial charge in [0.1, 0.15) is 5.75 Å². The van der Waals surface area contributed by atoms with Crippen LogP contribution in [0.5, 0.6) is 5.75 Å². The molecule has 254 valence electrons. The topological polar surface area (TPSA) is 65.9 Å². The summed E-state index contributed by atoms with van der Waals surface area (Å²) in [4.78, 5) is 21.9. The number of hydrogen-bond donors (Lipinski definition) is 1. The third kappa shape index (κ3) is 9.37. The Morgan fingerprint density at radius 1 is 0.894 bits per heavy atom. The van der Waals surface area contributed by atoms with Gasteiger partial charge in [0.25, 0.3) is 0 Å². The third-order valence-corrected chi connectivity index (χ3v) is 10.4. The molecule has 0 amide bonds. The minimum absolute atomic E-state index is 0.00641. The molecule has 0 bridgehead atoms. The maximum Gasteiger partial charge on any atom is 0.307 e. The van der Waals surface area contributed by atoms with Gasteiger partial charge >= 0.3 is 5.97 Å². The van der Waals surface area contributed by atoms with E-state index in [2.05, 4.69) is 80.0 Å². The van der Waals surface area contributed by atoms with Gasteiger partial charge in [0, 0.05) is 55.2 Å². The minimum atomic E-state index is -0.806. The van der Waals surface area contributed by atoms with Crippen LogP contribution in [0.25, 0.3) is 11.1 Å². The van der Waals surface area contributed by atoms with Crippen LogP contribution in [0.4, 0.5) is 5.69 Å². The van der Waals surface area contributed by atoms with Crippen LogP contribution in [0.2, 0.25) is 0 Å². The van der Waals surface area contributed by atoms with E-state index in [0.29, 0.717) is 5.41 Å². The van der Waals surface area contributed by atoms with Gasteiger partial charge in [0.2, 0.25) is 0 Å². The van der Waals surface area contributed by atoms with Crippen LogP contribution < -0.4 is 9.64 Å². The predicted octanol–water partition coefficient (Wildman–Crippen LogP) is 9.31. The number of carboxylic acid groups (broad SMARTS) is 1. The average Bonchev–Trinajstić information content (AvgIpc) is 3.04. The molecule has 6 nitrogen and oxygen atoms in total. The first-order chi connectivity index (χ1) is 22.6. The van der Waals surface area contributed by atoms with E-state index in [1.165, 1.54) is 55.2 Å². The van der Waals surface area contributed by atoms with Crippen molar-refractivity contribution in [3.8, 4) is 16.9 Å². The number of benzene rings is 2. The highest BCUT2D eigenvalue weighted by Gasteiger charge is 2.30. The Labute approximate surface area is 283 Å². The Hall–Kier alpha value is -3.38. The number of aliphatic carboxylic acids is 1. The number of anilines is 1. The van der Waals surface area contributed by atoms with Crippen molar-refractivity contribution < 1.29 is 14.6 Å². The molecule has 1 saturated heterocycles. The molecule has 5 rings (SSSR count). The maximum atomic E-state index is 12.0. The van der Waals surface area contributed by atoms with Gasteiger partial charge in [0.05, 0.1) is 18.7 Å². The van der Waals surface area contributed by atoms with Crippen LogP contribution in [0.3, 0.4) is 0 Å². The van der Waals surface area contributed by atoms with E-state index in [1.807, 2.05) is 6.92 Å². The summed E-state index contributed by atoms with van der Waals surface area (Å²) in [5.74, 6) is 0.163. The quantitative estimate of drug-likeness (QED) is 0.167. The molecular weight excluding hydrogens is 582 g/mol. The number of ether oxygens (including phenoxy) is 1. The first kappa shape index (κ1) is 34.9. The molecule has 0 aliphatic carbocycles. The molecule has 2 aromatic carbocycles. The van der Waals surface area contributed by atoms with Gasteiger partial charge in [-0.15, -0.1) is 0 Å². The van der Waals surface area contributed by atoms with Crippen molar-refractivity contribution >= 4 is 11.7 Å². The second-order valence-electron chi connectivity index (χ2n) is 14.8. The largest absolute Gasteiger partial charge is 0.494 e. The summed E-state index contributed by atoms with van der Waals surface area (Å²) >= 11 is 0. The van der Waals surface area contributed by atoms with E-state index in [1.54, 1.807) is 0 Å². The van der Waals surface area contributed by atoms with Gasteiger partial charge in [-0.2, -0.15) is 0 Å². The molecule has 2 aliphatic rings. The Bertz CT molecular complexity index is 1490. The first-order valence-electron chi connectivity index (χ1n) is 18.2. The minimum Gasteiger partial charge on any atom is -0.494 e. The number of rotatable bonds is 15. The monoisotopic (exact) mass is 639 g/mol. The SMILES string of the molecule is CCCCCCCCCOc1ccc(CN2CCc3cc(-c4c(C)nc(C)c(CC(=O)O)c4N4CCC(C)(C)CC4)ccc3C2)cc1. The summed E-state index contributed by atoms with van der Waals surface area (Å²) in [6.45, 7) is 16.5. The number of carboxylic acids is 1. The fourth-order valence-corrected chi connectivity index (χ4v) is 7.36. The van der Waals surface area contributed by atoms with Gasteiger partial charge in [-0.3, -0.25) is 14.7 Å². The van der Waals surface area contributed by atoms with E-state index in [0.717, 1.165) is 105 Å². The zero-order valence-electron chi connectivity index (χ0n) is 29.7. The third-order valence-electron chi connectivity index (χ3n) is 10.4. The lowest BCUT2D eigenvalue weighted by Crippen LogP contribution is -2.38. The molecule has 47 heavy (non-hydrogen) atoms. The highest BCUT2D eigenvalue weighted by molar-refractivity contribution is 5.86. The number of aromatic nitrogens is 1. The van der Waals surface area contributed by atoms with Crippen LogP contribution in [0, 0.1) is 19.3 Å². The Kier molecular flexibility index (Phi) is 12.0. The summed E-state index contributed by atoms with van der Waals surface area (Å²) in [5, 5.41) is 9.85. The predicted molar refractivity (Wildman–Crippen MR) is 193 cm³/mol. The molecule has 3 heterocycles. The van der Waals surface area contributed by atoms with Crippen LogP contribution in [0.1, 0.15) is 112 Å². The highest BCUT2D eigenvalue weighted by atomic mass is 16.5. The molecule has 6 heteroatoms. The molecular formula is C41H57N3O3. The van der Waals surface area contributed by atoms with Gasteiger partial charge in [0.15, 0.2) is 0 Å². The molecule has 3 aromatic rings. The molecule has 0 radical (unpaired) electrons. The van der Waals surface area contributed by atoms with E-state index >= 15 is 0 Å². The number of hydrogen-bond acceptors (Lipinski definition) is 5. The van der Waals surface area contributed by atoms with E-state index in [-0.39, 0.29) is 6.42 Å². The summed E-state index contributed by atoms with van der Waals surface area (Å²) in [6.07, 6.45) is 12.2. The smallest absolute Gasteiger partial charge is 0.307 e. The molecule has 1 aromatic heterocycles. The lowest BCUT2D eigenvalue weighted by Gasteiger charge is -2.40. The standard InChI is InChI=1S/C41H57N3O3/c1-6-7-8-9-10-11-12-25-47-36-17-13-32(14-18-36)28-43-22-19-33-26-34(15-16-35(33)29-43)39-31(3)42-30(2)37(27-38(45)46)40(39)44-23-20-41(4,5)21-24-44/h13-18,26H,6-12,19-25,27-29H2,1-5H3,(H,45,46). The number of fused-ring (bicyclic) bond motifs is 1. The molecule has 1 N–H and O–H groups in total. The second-order valence-corrected chi connectivity index (χ2v) is 14.8. The fraction of sp³-hybridized carbons (Fsp3) is 0.561. The van der Waals surface area contributed by atoms with Gasteiger partial charge < -0.3 is 14.7 Å². The van der Waals surface area contributed by atoms with Crippen molar-refractivity contribution in [3.05, 3.63) is 76.1 Å². The van der Waals surface area contributed by atoms with Crippen molar-refractivity contribution in [1.82, 2.24) is 9.88 Å². The average molecular weight is 640 g/mol. The number of piperidine rings is 1.